The molecule has 0 fully saturated rings. The molecule has 0 aliphatic carbocycles. The van der Waals surface area contributed by atoms with Gasteiger partial charge in [0.25, 0.3) is 0 Å². The van der Waals surface area contributed by atoms with Gasteiger partial charge in [0, 0.05) is 26.3 Å². The number of nitrogens with one attached hydrogen (secondary N) is 1. The van der Waals surface area contributed by atoms with Gasteiger partial charge in [0.05, 0.1) is 16.5 Å². The molecule has 0 unspecified atom stereocenters. The Kier molecular flexibility index (Phi) is 6.62. The molecule has 0 saturated carbocycles. The number of rotatable bonds is 6. The van der Waals surface area contributed by atoms with Crippen LogP contribution in [0.5, 0.6) is 0 Å². The Bertz CT molecular complexity index is 970. The highest BCUT2D eigenvalue weighted by atomic mass is 79.9. The van der Waals surface area contributed by atoms with Crippen molar-refractivity contribution in [1.82, 2.24) is 14.8 Å². The van der Waals surface area contributed by atoms with Crippen LogP contribution in [0.3, 0.4) is 0 Å². The predicted molar refractivity (Wildman–Crippen MR) is 117 cm³/mol. The van der Waals surface area contributed by atoms with Crippen molar-refractivity contribution in [2.24, 2.45) is 0 Å². The molecule has 142 valence electrons. The lowest BCUT2D eigenvalue weighted by atomic mass is 10.3. The van der Waals surface area contributed by atoms with E-state index >= 15 is 0 Å². The second-order valence-electron chi connectivity index (χ2n) is 6.18. The number of amides is 1. The fourth-order valence-corrected chi connectivity index (χ4v) is 4.77. The van der Waals surface area contributed by atoms with E-state index in [4.69, 9.17) is 11.6 Å². The van der Waals surface area contributed by atoms with Gasteiger partial charge in [-0.1, -0.05) is 39.3 Å². The van der Waals surface area contributed by atoms with Crippen LogP contribution in [0.2, 0.25) is 5.02 Å². The lowest BCUT2D eigenvalue weighted by Crippen LogP contribution is -2.15. The maximum atomic E-state index is 12.3. The molecule has 1 N–H and O–H groups in total. The van der Waals surface area contributed by atoms with Gasteiger partial charge in [0.2, 0.25) is 5.91 Å². The molecule has 1 amide bonds. The quantitative estimate of drug-likeness (QED) is 0.432. The van der Waals surface area contributed by atoms with Crippen LogP contribution in [0, 0.1) is 6.92 Å². The highest BCUT2D eigenvalue weighted by Crippen LogP contribution is 2.30. The second kappa shape index (κ2) is 8.77. The number of carbonyl (C=O) groups excluding carboxylic acids is 1. The number of anilines is 1. The number of aryl methyl sites for hydroxylation is 1. The number of thiophene rings is 1. The fraction of sp³-hybridized carbons (Fsp3) is 0.278. The van der Waals surface area contributed by atoms with Crippen molar-refractivity contribution in [3.8, 4) is 11.4 Å². The van der Waals surface area contributed by atoms with Gasteiger partial charge in [0.1, 0.15) is 0 Å². The van der Waals surface area contributed by atoms with Crippen LogP contribution in [0.15, 0.2) is 39.3 Å². The number of hydrogen-bond acceptors (Lipinski definition) is 5. The van der Waals surface area contributed by atoms with Crippen molar-refractivity contribution < 1.29 is 4.79 Å². The Labute approximate surface area is 179 Å². The van der Waals surface area contributed by atoms with Crippen LogP contribution in [0.4, 0.5) is 5.69 Å². The van der Waals surface area contributed by atoms with Crippen molar-refractivity contribution in [1.29, 1.82) is 0 Å². The average Bonchev–Trinajstić information content (AvgIpc) is 3.21. The number of nitrogens with zero attached hydrogens (tertiary/aromatic N) is 3. The van der Waals surface area contributed by atoms with Gasteiger partial charge in [-0.15, -0.1) is 21.5 Å². The summed E-state index contributed by atoms with van der Waals surface area (Å²) < 4.78 is 2.92. The van der Waals surface area contributed by atoms with Crippen molar-refractivity contribution in [2.75, 3.05) is 11.1 Å². The molecule has 5 nitrogen and oxygen atoms in total. The van der Waals surface area contributed by atoms with Crippen LogP contribution in [0.25, 0.3) is 11.4 Å². The standard InChI is InChI=1S/C18H18BrClN4OS2/c1-10(2)24-17(12-6-11(3)26-8-12)22-23-18(24)27-9-16(25)21-15-5-4-13(19)7-14(15)20/h4-8,10H,9H2,1-3H3,(H,21,25). The minimum atomic E-state index is -0.143. The van der Waals surface area contributed by atoms with Crippen LogP contribution in [0.1, 0.15) is 24.8 Å². The van der Waals surface area contributed by atoms with Crippen molar-refractivity contribution in [3.05, 3.63) is 44.0 Å². The summed E-state index contributed by atoms with van der Waals surface area (Å²) in [6, 6.07) is 7.63. The zero-order valence-corrected chi connectivity index (χ0v) is 19.0. The van der Waals surface area contributed by atoms with Crippen molar-refractivity contribution in [2.45, 2.75) is 32.0 Å². The minimum Gasteiger partial charge on any atom is -0.324 e. The molecule has 2 aromatic heterocycles. The highest BCUT2D eigenvalue weighted by molar-refractivity contribution is 9.10. The summed E-state index contributed by atoms with van der Waals surface area (Å²) in [5.41, 5.74) is 1.64. The van der Waals surface area contributed by atoms with Gasteiger partial charge < -0.3 is 5.32 Å². The Balaban J connectivity index is 1.72. The first kappa shape index (κ1) is 20.4. The molecule has 0 radical (unpaired) electrons. The largest absolute Gasteiger partial charge is 0.324 e. The van der Waals surface area contributed by atoms with Gasteiger partial charge in [-0.05, 0) is 45.0 Å². The zero-order chi connectivity index (χ0) is 19.6. The Morgan fingerprint density at radius 3 is 2.78 bits per heavy atom. The summed E-state index contributed by atoms with van der Waals surface area (Å²) in [5, 5.41) is 14.8. The van der Waals surface area contributed by atoms with Gasteiger partial charge >= 0.3 is 0 Å². The summed E-state index contributed by atoms with van der Waals surface area (Å²) in [6.07, 6.45) is 0. The Morgan fingerprint density at radius 2 is 2.15 bits per heavy atom. The second-order valence-corrected chi connectivity index (χ2v) is 9.56. The summed E-state index contributed by atoms with van der Waals surface area (Å²) in [4.78, 5) is 13.6. The maximum absolute atomic E-state index is 12.3. The summed E-state index contributed by atoms with van der Waals surface area (Å²) in [6.45, 7) is 6.23. The molecule has 0 saturated heterocycles. The third-order valence-electron chi connectivity index (χ3n) is 3.71. The first-order valence-electron chi connectivity index (χ1n) is 8.23. The fourth-order valence-electron chi connectivity index (χ4n) is 2.51. The normalized spacial score (nSPS) is 11.2. The molecule has 9 heteroatoms. The maximum Gasteiger partial charge on any atom is 0.234 e. The average molecular weight is 486 g/mol. The number of thioether (sulfide) groups is 1. The number of carbonyl (C=O) groups is 1. The molecule has 0 spiro atoms. The molecule has 2 heterocycles. The SMILES string of the molecule is Cc1cc(-c2nnc(SCC(=O)Nc3ccc(Br)cc3Cl)n2C(C)C)cs1. The van der Waals surface area contributed by atoms with Crippen LogP contribution in [-0.4, -0.2) is 26.4 Å². The van der Waals surface area contributed by atoms with Gasteiger partial charge in [-0.3, -0.25) is 9.36 Å². The first-order chi connectivity index (χ1) is 12.8. The highest BCUT2D eigenvalue weighted by Gasteiger charge is 2.18. The molecule has 3 rings (SSSR count). The van der Waals surface area contributed by atoms with E-state index in [1.807, 2.05) is 6.07 Å². The van der Waals surface area contributed by atoms with Crippen LogP contribution >= 0.6 is 50.6 Å². The molecular formula is C18H18BrClN4OS2. The molecule has 3 aromatic rings. The number of hydrogen-bond donors (Lipinski definition) is 1. The number of aromatic nitrogens is 3. The summed E-state index contributed by atoms with van der Waals surface area (Å²) in [5.74, 6) is 0.906. The number of halogens is 2. The zero-order valence-electron chi connectivity index (χ0n) is 15.0. The van der Waals surface area contributed by atoms with E-state index in [1.54, 1.807) is 23.5 Å². The Morgan fingerprint density at radius 1 is 1.37 bits per heavy atom. The minimum absolute atomic E-state index is 0.143. The molecule has 0 bridgehead atoms. The van der Waals surface area contributed by atoms with Gasteiger partial charge in [-0.25, -0.2) is 0 Å². The van der Waals surface area contributed by atoms with E-state index in [0.29, 0.717) is 10.7 Å². The van der Waals surface area contributed by atoms with Crippen molar-refractivity contribution >= 4 is 62.2 Å². The summed E-state index contributed by atoms with van der Waals surface area (Å²) in [7, 11) is 0. The molecule has 27 heavy (non-hydrogen) atoms. The van der Waals surface area contributed by atoms with E-state index in [0.717, 1.165) is 21.0 Å². The molecular weight excluding hydrogens is 468 g/mol. The topological polar surface area (TPSA) is 59.8 Å². The lowest BCUT2D eigenvalue weighted by Gasteiger charge is -2.13. The Hall–Kier alpha value is -1.35. The molecule has 0 atom stereocenters. The smallest absolute Gasteiger partial charge is 0.234 e. The molecule has 1 aromatic carbocycles. The number of benzene rings is 1. The van der Waals surface area contributed by atoms with Crippen molar-refractivity contribution in [3.63, 3.8) is 0 Å². The van der Waals surface area contributed by atoms with Crippen LogP contribution in [-0.2, 0) is 4.79 Å². The lowest BCUT2D eigenvalue weighted by molar-refractivity contribution is -0.113. The first-order valence-corrected chi connectivity index (χ1v) is 11.3. The van der Waals surface area contributed by atoms with E-state index in [2.05, 4.69) is 68.2 Å². The summed E-state index contributed by atoms with van der Waals surface area (Å²) >= 11 is 12.5. The van der Waals surface area contributed by atoms with E-state index in [-0.39, 0.29) is 17.7 Å². The van der Waals surface area contributed by atoms with E-state index < -0.39 is 0 Å². The molecule has 0 aliphatic rings. The van der Waals surface area contributed by atoms with Gasteiger partial charge in [-0.2, -0.15) is 0 Å². The van der Waals surface area contributed by atoms with E-state index in [9.17, 15) is 4.79 Å². The van der Waals surface area contributed by atoms with Crippen LogP contribution < -0.4 is 5.32 Å². The predicted octanol–water partition coefficient (Wildman–Crippen LogP) is 6.04. The third kappa shape index (κ3) is 4.93. The molecule has 0 aliphatic heterocycles. The van der Waals surface area contributed by atoms with Gasteiger partial charge in [0.15, 0.2) is 11.0 Å². The van der Waals surface area contributed by atoms with E-state index in [1.165, 1.54) is 16.6 Å². The monoisotopic (exact) mass is 484 g/mol. The third-order valence-corrected chi connectivity index (χ3v) is 6.32.